The number of carbonyl (C=O) groups is 2. The van der Waals surface area contributed by atoms with E-state index in [1.807, 2.05) is 13.8 Å². The van der Waals surface area contributed by atoms with Gasteiger partial charge in [0.15, 0.2) is 0 Å². The molecule has 1 aromatic carbocycles. The Hall–Kier alpha value is -2.44. The Bertz CT molecular complexity index is 542. The van der Waals surface area contributed by atoms with Crippen LogP contribution in [0, 0.1) is 16.0 Å². The Morgan fingerprint density at radius 2 is 2.10 bits per heavy atom. The molecule has 1 amide bonds. The number of carbonyl (C=O) groups excluding carboxylic acids is 1. The predicted molar refractivity (Wildman–Crippen MR) is 72.8 cm³/mol. The van der Waals surface area contributed by atoms with Crippen LogP contribution in [0.15, 0.2) is 18.2 Å². The third-order valence-electron chi connectivity index (χ3n) is 2.95. The Morgan fingerprint density at radius 3 is 2.60 bits per heavy atom. The zero-order valence-corrected chi connectivity index (χ0v) is 11.3. The molecule has 20 heavy (non-hydrogen) atoms. The van der Waals surface area contributed by atoms with Crippen LogP contribution < -0.4 is 5.32 Å². The molecule has 1 aromatic rings. The number of hydrogen-bond donors (Lipinski definition) is 2. The fourth-order valence-corrected chi connectivity index (χ4v) is 1.59. The van der Waals surface area contributed by atoms with Gasteiger partial charge in [-0.15, -0.1) is 0 Å². The molecular weight excluding hydrogens is 264 g/mol. The largest absolute Gasteiger partial charge is 0.478 e. The number of non-ortho nitro benzene ring substituents is 1. The minimum Gasteiger partial charge on any atom is -0.478 e. The summed E-state index contributed by atoms with van der Waals surface area (Å²) in [5.74, 6) is -1.45. The van der Waals surface area contributed by atoms with Crippen molar-refractivity contribution in [2.75, 3.05) is 5.32 Å². The Morgan fingerprint density at radius 1 is 1.45 bits per heavy atom. The second-order valence-corrected chi connectivity index (χ2v) is 4.56. The fraction of sp³-hybridized carbons (Fsp3) is 0.385. The molecule has 0 bridgehead atoms. The number of nitrogens with zero attached hydrogens (tertiary/aromatic N) is 1. The van der Waals surface area contributed by atoms with Gasteiger partial charge in [0, 0.05) is 18.6 Å². The SMILES string of the molecule is CCC(C)CC(=O)Nc1ccc([N+](=O)[O-])cc1C(=O)O. The Kier molecular flexibility index (Phi) is 5.19. The minimum atomic E-state index is -1.33. The molecule has 0 aromatic heterocycles. The lowest BCUT2D eigenvalue weighted by Gasteiger charge is -2.11. The van der Waals surface area contributed by atoms with Crippen LogP contribution in [0.4, 0.5) is 11.4 Å². The number of hydrogen-bond acceptors (Lipinski definition) is 4. The van der Waals surface area contributed by atoms with Crippen LogP contribution >= 0.6 is 0 Å². The van der Waals surface area contributed by atoms with Gasteiger partial charge in [0.05, 0.1) is 16.2 Å². The molecule has 0 spiro atoms. The van der Waals surface area contributed by atoms with Gasteiger partial charge in [-0.25, -0.2) is 4.79 Å². The molecule has 1 atom stereocenters. The van der Waals surface area contributed by atoms with E-state index in [1.54, 1.807) is 0 Å². The van der Waals surface area contributed by atoms with Crippen molar-refractivity contribution in [3.63, 3.8) is 0 Å². The average Bonchev–Trinajstić information content (AvgIpc) is 2.38. The zero-order valence-electron chi connectivity index (χ0n) is 11.3. The number of carboxylic acids is 1. The first kappa shape index (κ1) is 15.6. The van der Waals surface area contributed by atoms with Crippen molar-refractivity contribution in [2.24, 2.45) is 5.92 Å². The van der Waals surface area contributed by atoms with Gasteiger partial charge in [0.2, 0.25) is 5.91 Å². The van der Waals surface area contributed by atoms with Gasteiger partial charge < -0.3 is 10.4 Å². The lowest BCUT2D eigenvalue weighted by Crippen LogP contribution is -2.17. The summed E-state index contributed by atoms with van der Waals surface area (Å²) in [6, 6.07) is 3.32. The molecule has 2 N–H and O–H groups in total. The predicted octanol–water partition coefficient (Wildman–Crippen LogP) is 2.67. The van der Waals surface area contributed by atoms with Crippen molar-refractivity contribution < 1.29 is 19.6 Å². The fourth-order valence-electron chi connectivity index (χ4n) is 1.59. The van der Waals surface area contributed by atoms with E-state index in [9.17, 15) is 19.7 Å². The van der Waals surface area contributed by atoms with Gasteiger partial charge in [-0.1, -0.05) is 20.3 Å². The zero-order chi connectivity index (χ0) is 15.3. The van der Waals surface area contributed by atoms with E-state index in [-0.39, 0.29) is 35.2 Å². The van der Waals surface area contributed by atoms with Crippen LogP contribution in [-0.4, -0.2) is 21.9 Å². The monoisotopic (exact) mass is 280 g/mol. The molecule has 0 aliphatic heterocycles. The maximum atomic E-state index is 11.7. The van der Waals surface area contributed by atoms with E-state index < -0.39 is 10.9 Å². The topological polar surface area (TPSA) is 110 Å². The van der Waals surface area contributed by atoms with Crippen molar-refractivity contribution in [3.05, 3.63) is 33.9 Å². The summed E-state index contributed by atoms with van der Waals surface area (Å²) >= 11 is 0. The molecule has 0 fully saturated rings. The van der Waals surface area contributed by atoms with Crippen LogP contribution in [0.1, 0.15) is 37.0 Å². The highest BCUT2D eigenvalue weighted by atomic mass is 16.6. The molecule has 0 aliphatic rings. The highest BCUT2D eigenvalue weighted by molar-refractivity contribution is 6.01. The van der Waals surface area contributed by atoms with E-state index >= 15 is 0 Å². The van der Waals surface area contributed by atoms with Gasteiger partial charge in [-0.05, 0) is 12.0 Å². The third kappa shape index (κ3) is 4.04. The second-order valence-electron chi connectivity index (χ2n) is 4.56. The highest BCUT2D eigenvalue weighted by Crippen LogP contribution is 2.22. The number of benzene rings is 1. The normalized spacial score (nSPS) is 11.7. The Balaban J connectivity index is 2.97. The first-order valence-corrected chi connectivity index (χ1v) is 6.16. The maximum Gasteiger partial charge on any atom is 0.338 e. The summed E-state index contributed by atoms with van der Waals surface area (Å²) in [5.41, 5.74) is -0.560. The number of rotatable bonds is 6. The van der Waals surface area contributed by atoms with Gasteiger partial charge in [-0.2, -0.15) is 0 Å². The van der Waals surface area contributed by atoms with Crippen LogP contribution in [-0.2, 0) is 4.79 Å². The number of nitro benzene ring substituents is 1. The van der Waals surface area contributed by atoms with Crippen molar-refractivity contribution in [3.8, 4) is 0 Å². The lowest BCUT2D eigenvalue weighted by molar-refractivity contribution is -0.384. The van der Waals surface area contributed by atoms with Crippen molar-refractivity contribution in [1.82, 2.24) is 0 Å². The van der Waals surface area contributed by atoms with E-state index in [0.29, 0.717) is 0 Å². The highest BCUT2D eigenvalue weighted by Gasteiger charge is 2.18. The van der Waals surface area contributed by atoms with Crippen LogP contribution in [0.25, 0.3) is 0 Å². The maximum absolute atomic E-state index is 11.7. The number of carboxylic acid groups (broad SMARTS) is 1. The first-order valence-electron chi connectivity index (χ1n) is 6.16. The summed E-state index contributed by atoms with van der Waals surface area (Å²) in [6.45, 7) is 3.86. The summed E-state index contributed by atoms with van der Waals surface area (Å²) < 4.78 is 0. The molecule has 0 saturated carbocycles. The van der Waals surface area contributed by atoms with E-state index in [0.717, 1.165) is 18.6 Å². The van der Waals surface area contributed by atoms with Crippen molar-refractivity contribution >= 4 is 23.3 Å². The number of amides is 1. The van der Waals surface area contributed by atoms with E-state index in [2.05, 4.69) is 5.32 Å². The summed E-state index contributed by atoms with van der Waals surface area (Å²) in [7, 11) is 0. The quantitative estimate of drug-likeness (QED) is 0.615. The standard InChI is InChI=1S/C13H16N2O5/c1-3-8(2)6-12(16)14-11-5-4-9(15(19)20)7-10(11)13(17)18/h4-5,7-8H,3,6H2,1-2H3,(H,14,16)(H,17,18). The summed E-state index contributed by atoms with van der Waals surface area (Å²) in [5, 5.41) is 22.1. The number of anilines is 1. The molecule has 7 nitrogen and oxygen atoms in total. The van der Waals surface area contributed by atoms with Gasteiger partial charge >= 0.3 is 5.97 Å². The van der Waals surface area contributed by atoms with Crippen LogP contribution in [0.2, 0.25) is 0 Å². The van der Waals surface area contributed by atoms with Crippen molar-refractivity contribution in [2.45, 2.75) is 26.7 Å². The molecule has 1 unspecified atom stereocenters. The van der Waals surface area contributed by atoms with E-state index in [1.165, 1.54) is 6.07 Å². The summed E-state index contributed by atoms with van der Waals surface area (Å²) in [6.07, 6.45) is 1.10. The van der Waals surface area contributed by atoms with Gasteiger partial charge in [-0.3, -0.25) is 14.9 Å². The molecule has 108 valence electrons. The van der Waals surface area contributed by atoms with Gasteiger partial charge in [0.25, 0.3) is 5.69 Å². The van der Waals surface area contributed by atoms with Crippen LogP contribution in [0.3, 0.4) is 0 Å². The molecular formula is C13H16N2O5. The number of aromatic carboxylic acids is 1. The minimum absolute atomic E-state index is 0.0661. The molecule has 0 saturated heterocycles. The van der Waals surface area contributed by atoms with Crippen molar-refractivity contribution in [1.29, 1.82) is 0 Å². The number of nitrogens with one attached hydrogen (secondary N) is 1. The smallest absolute Gasteiger partial charge is 0.338 e. The Labute approximate surface area is 115 Å². The molecule has 0 heterocycles. The second kappa shape index (κ2) is 6.65. The summed E-state index contributed by atoms with van der Waals surface area (Å²) in [4.78, 5) is 32.8. The molecule has 1 rings (SSSR count). The first-order chi connectivity index (χ1) is 9.35. The molecule has 7 heteroatoms. The van der Waals surface area contributed by atoms with Gasteiger partial charge in [0.1, 0.15) is 0 Å². The lowest BCUT2D eigenvalue weighted by atomic mass is 10.0. The van der Waals surface area contributed by atoms with E-state index in [4.69, 9.17) is 5.11 Å². The molecule has 0 radical (unpaired) electrons. The molecule has 0 aliphatic carbocycles. The van der Waals surface area contributed by atoms with Crippen LogP contribution in [0.5, 0.6) is 0 Å². The number of nitro groups is 1. The average molecular weight is 280 g/mol. The third-order valence-corrected chi connectivity index (χ3v) is 2.95.